The number of hydrogen-bond acceptors (Lipinski definition) is 6. The standard InChI is InChI=1S/C35H30FN3O2S2/c1-22-32(31-19-28(23(2)43-31)30-21-42-24(3)38-30)35(40)39(18-17-25-11-6-4-7-12-25)34(37-22)27-15-10-16-29(36)33(27)41-20-26-13-8-5-9-14-26/h4-16,19,21H,17-18,20H2,1-3H3. The predicted octanol–water partition coefficient (Wildman–Crippen LogP) is 8.65. The minimum atomic E-state index is -0.504. The number of ether oxygens (including phenoxy) is 1. The first kappa shape index (κ1) is 28.7. The first-order valence-electron chi connectivity index (χ1n) is 14.0. The van der Waals surface area contributed by atoms with Gasteiger partial charge in [0.15, 0.2) is 11.6 Å². The summed E-state index contributed by atoms with van der Waals surface area (Å²) in [6.07, 6.45) is 0.611. The van der Waals surface area contributed by atoms with E-state index in [1.54, 1.807) is 39.4 Å². The lowest BCUT2D eigenvalue weighted by atomic mass is 10.1. The monoisotopic (exact) mass is 607 g/mol. The van der Waals surface area contributed by atoms with Crippen LogP contribution in [0.5, 0.6) is 5.75 Å². The van der Waals surface area contributed by atoms with E-state index in [1.807, 2.05) is 92.9 Å². The lowest BCUT2D eigenvalue weighted by Crippen LogP contribution is -2.27. The first-order valence-corrected chi connectivity index (χ1v) is 15.7. The van der Waals surface area contributed by atoms with Crippen LogP contribution in [0.25, 0.3) is 33.1 Å². The van der Waals surface area contributed by atoms with E-state index in [0.29, 0.717) is 35.6 Å². The fraction of sp³-hybridized carbons (Fsp3) is 0.171. The highest BCUT2D eigenvalue weighted by molar-refractivity contribution is 7.16. The molecule has 0 bridgehead atoms. The lowest BCUT2D eigenvalue weighted by Gasteiger charge is -2.18. The third kappa shape index (κ3) is 6.07. The van der Waals surface area contributed by atoms with Crippen LogP contribution in [0.15, 0.2) is 95.1 Å². The SMILES string of the molecule is Cc1nc(-c2cc(-c3c(C)nc(-c4cccc(F)c4OCc4ccccc4)n(CCc4ccccc4)c3=O)sc2C)cs1. The van der Waals surface area contributed by atoms with Gasteiger partial charge in [0.25, 0.3) is 5.56 Å². The molecule has 0 radical (unpaired) electrons. The van der Waals surface area contributed by atoms with Crippen LogP contribution in [0.2, 0.25) is 0 Å². The van der Waals surface area contributed by atoms with Gasteiger partial charge in [-0.25, -0.2) is 14.4 Å². The molecule has 0 N–H and O–H groups in total. The number of rotatable bonds is 9. The summed E-state index contributed by atoms with van der Waals surface area (Å²) >= 11 is 3.17. The largest absolute Gasteiger partial charge is 0.485 e. The van der Waals surface area contributed by atoms with Crippen LogP contribution in [0, 0.1) is 26.6 Å². The van der Waals surface area contributed by atoms with Gasteiger partial charge < -0.3 is 4.74 Å². The molecule has 0 saturated heterocycles. The number of thiazole rings is 1. The molecule has 8 heteroatoms. The molecule has 0 aliphatic heterocycles. The number of benzene rings is 3. The normalized spacial score (nSPS) is 11.2. The van der Waals surface area contributed by atoms with Crippen molar-refractivity contribution in [3.05, 3.63) is 133 Å². The quantitative estimate of drug-likeness (QED) is 0.165. The van der Waals surface area contributed by atoms with Crippen molar-refractivity contribution < 1.29 is 9.13 Å². The topological polar surface area (TPSA) is 57.0 Å². The Hall–Kier alpha value is -4.40. The molecule has 3 aromatic heterocycles. The second-order valence-electron chi connectivity index (χ2n) is 10.3. The summed E-state index contributed by atoms with van der Waals surface area (Å²) < 4.78 is 23.1. The summed E-state index contributed by atoms with van der Waals surface area (Å²) in [5, 5.41) is 3.04. The zero-order valence-electron chi connectivity index (χ0n) is 24.1. The van der Waals surface area contributed by atoms with Gasteiger partial charge in [-0.3, -0.25) is 9.36 Å². The van der Waals surface area contributed by atoms with E-state index >= 15 is 4.39 Å². The van der Waals surface area contributed by atoms with Gasteiger partial charge in [-0.15, -0.1) is 22.7 Å². The van der Waals surface area contributed by atoms with E-state index in [9.17, 15) is 4.79 Å². The molecule has 216 valence electrons. The minimum Gasteiger partial charge on any atom is -0.485 e. The van der Waals surface area contributed by atoms with Crippen molar-refractivity contribution in [2.24, 2.45) is 0 Å². The fourth-order valence-corrected chi connectivity index (χ4v) is 6.88. The van der Waals surface area contributed by atoms with E-state index < -0.39 is 5.82 Å². The summed E-state index contributed by atoms with van der Waals surface area (Å²) in [4.78, 5) is 26.0. The third-order valence-electron chi connectivity index (χ3n) is 7.31. The Morgan fingerprint density at radius 2 is 1.58 bits per heavy atom. The van der Waals surface area contributed by atoms with Crippen LogP contribution in [0.3, 0.4) is 0 Å². The molecule has 0 saturated carbocycles. The Balaban J connectivity index is 1.47. The van der Waals surface area contributed by atoms with Crippen LogP contribution >= 0.6 is 22.7 Å². The van der Waals surface area contributed by atoms with Crippen LogP contribution in [-0.2, 0) is 19.6 Å². The third-order valence-corrected chi connectivity index (χ3v) is 9.15. The maximum atomic E-state index is 15.3. The van der Waals surface area contributed by atoms with Crippen LogP contribution in [0.1, 0.15) is 26.7 Å². The summed E-state index contributed by atoms with van der Waals surface area (Å²) in [6.45, 7) is 6.43. The zero-order chi connectivity index (χ0) is 29.9. The van der Waals surface area contributed by atoms with Crippen molar-refractivity contribution in [1.82, 2.24) is 14.5 Å². The van der Waals surface area contributed by atoms with Gasteiger partial charge >= 0.3 is 0 Å². The van der Waals surface area contributed by atoms with Crippen LogP contribution in [0.4, 0.5) is 4.39 Å². The molecule has 0 aliphatic rings. The van der Waals surface area contributed by atoms with Gasteiger partial charge in [0.2, 0.25) is 0 Å². The summed E-state index contributed by atoms with van der Waals surface area (Å²) in [7, 11) is 0. The lowest BCUT2D eigenvalue weighted by molar-refractivity contribution is 0.291. The van der Waals surface area contributed by atoms with Crippen molar-refractivity contribution in [3.8, 4) is 38.8 Å². The molecule has 0 fully saturated rings. The number of halogens is 1. The van der Waals surface area contributed by atoms with E-state index in [4.69, 9.17) is 9.72 Å². The van der Waals surface area contributed by atoms with Gasteiger partial charge in [-0.05, 0) is 56.5 Å². The molecule has 0 atom stereocenters. The molecular weight excluding hydrogens is 578 g/mol. The minimum absolute atomic E-state index is 0.0759. The molecular formula is C35H30FN3O2S2. The summed E-state index contributed by atoms with van der Waals surface area (Å²) in [5.41, 5.74) is 5.34. The molecule has 6 rings (SSSR count). The van der Waals surface area contributed by atoms with E-state index in [0.717, 1.165) is 37.1 Å². The van der Waals surface area contributed by atoms with Crippen molar-refractivity contribution in [2.45, 2.75) is 40.3 Å². The molecule has 6 aromatic rings. The number of aryl methyl sites for hydroxylation is 4. The molecule has 0 spiro atoms. The Bertz CT molecular complexity index is 1950. The molecule has 3 aromatic carbocycles. The van der Waals surface area contributed by atoms with E-state index in [2.05, 4.69) is 4.98 Å². The Labute approximate surface area is 257 Å². The highest BCUT2D eigenvalue weighted by Gasteiger charge is 2.23. The molecule has 0 amide bonds. The molecule has 0 aliphatic carbocycles. The highest BCUT2D eigenvalue weighted by atomic mass is 32.1. The Kier molecular flexibility index (Phi) is 8.31. The van der Waals surface area contributed by atoms with Crippen molar-refractivity contribution >= 4 is 22.7 Å². The summed E-state index contributed by atoms with van der Waals surface area (Å²) in [6, 6.07) is 26.4. The second kappa shape index (κ2) is 12.5. The predicted molar refractivity (Wildman–Crippen MR) is 173 cm³/mol. The Morgan fingerprint density at radius 1 is 0.860 bits per heavy atom. The molecule has 43 heavy (non-hydrogen) atoms. The number of nitrogens with zero attached hydrogens (tertiary/aromatic N) is 3. The maximum absolute atomic E-state index is 15.3. The van der Waals surface area contributed by atoms with Crippen LogP contribution in [-0.4, -0.2) is 14.5 Å². The smallest absolute Gasteiger partial charge is 0.262 e. The van der Waals surface area contributed by atoms with Gasteiger partial charge in [-0.1, -0.05) is 66.7 Å². The summed E-state index contributed by atoms with van der Waals surface area (Å²) in [5.74, 6) is -0.0449. The molecule has 0 unspecified atom stereocenters. The number of thiophene rings is 1. The van der Waals surface area contributed by atoms with E-state index in [-0.39, 0.29) is 17.9 Å². The van der Waals surface area contributed by atoms with Gasteiger partial charge in [0.05, 0.1) is 27.5 Å². The van der Waals surface area contributed by atoms with Gasteiger partial charge in [-0.2, -0.15) is 0 Å². The van der Waals surface area contributed by atoms with Crippen molar-refractivity contribution in [2.75, 3.05) is 0 Å². The van der Waals surface area contributed by atoms with Gasteiger partial charge in [0, 0.05) is 27.2 Å². The average Bonchev–Trinajstić information content (AvgIpc) is 3.61. The number of para-hydroxylation sites is 1. The average molecular weight is 608 g/mol. The second-order valence-corrected chi connectivity index (χ2v) is 12.6. The zero-order valence-corrected chi connectivity index (χ0v) is 25.8. The van der Waals surface area contributed by atoms with Crippen molar-refractivity contribution in [1.29, 1.82) is 0 Å². The fourth-order valence-electron chi connectivity index (χ4n) is 5.15. The van der Waals surface area contributed by atoms with E-state index in [1.165, 1.54) is 6.07 Å². The highest BCUT2D eigenvalue weighted by Crippen LogP contribution is 2.38. The van der Waals surface area contributed by atoms with Crippen molar-refractivity contribution in [3.63, 3.8) is 0 Å². The number of hydrogen-bond donors (Lipinski definition) is 0. The number of aromatic nitrogens is 3. The maximum Gasteiger partial charge on any atom is 0.262 e. The Morgan fingerprint density at radius 3 is 2.28 bits per heavy atom. The van der Waals surface area contributed by atoms with Crippen LogP contribution < -0.4 is 10.3 Å². The molecule has 3 heterocycles. The van der Waals surface area contributed by atoms with Gasteiger partial charge in [0.1, 0.15) is 12.4 Å². The first-order chi connectivity index (χ1) is 20.9. The molecule has 5 nitrogen and oxygen atoms in total.